The topological polar surface area (TPSA) is 67.9 Å². The van der Waals surface area contributed by atoms with E-state index in [4.69, 9.17) is 21.7 Å². The maximum Gasteiger partial charge on any atom is 0.270 e. The normalized spacial score (nSPS) is 15.6. The van der Waals surface area contributed by atoms with Gasteiger partial charge in [-0.1, -0.05) is 12.1 Å². The number of benzene rings is 2. The molecule has 0 bridgehead atoms. The minimum Gasteiger partial charge on any atom is -0.493 e. The molecule has 28 heavy (non-hydrogen) atoms. The molecule has 0 radical (unpaired) electrons. The Morgan fingerprint density at radius 1 is 1.04 bits per heavy atom. The van der Waals surface area contributed by atoms with Gasteiger partial charge in [0.25, 0.3) is 11.8 Å². The molecule has 2 aromatic rings. The zero-order chi connectivity index (χ0) is 20.4. The van der Waals surface area contributed by atoms with Gasteiger partial charge in [0.2, 0.25) is 0 Å². The van der Waals surface area contributed by atoms with Crippen LogP contribution in [-0.4, -0.2) is 31.1 Å². The highest BCUT2D eigenvalue weighted by Crippen LogP contribution is 2.32. The first-order valence-electron chi connectivity index (χ1n) is 8.56. The third-order valence-electron chi connectivity index (χ3n) is 4.43. The highest BCUT2D eigenvalue weighted by atomic mass is 32.1. The molecule has 0 atom stereocenters. The minimum absolute atomic E-state index is 0.00886. The molecule has 0 unspecified atom stereocenters. The van der Waals surface area contributed by atoms with E-state index in [1.165, 1.54) is 12.0 Å². The van der Waals surface area contributed by atoms with E-state index in [0.29, 0.717) is 22.7 Å². The zero-order valence-electron chi connectivity index (χ0n) is 16.0. The summed E-state index contributed by atoms with van der Waals surface area (Å²) in [5.74, 6) is 0.0698. The van der Waals surface area contributed by atoms with Gasteiger partial charge in [-0.15, -0.1) is 0 Å². The van der Waals surface area contributed by atoms with Crippen molar-refractivity contribution in [1.29, 1.82) is 0 Å². The van der Waals surface area contributed by atoms with Crippen LogP contribution >= 0.6 is 12.2 Å². The first kappa shape index (κ1) is 19.6. The molecule has 3 rings (SSSR count). The Bertz CT molecular complexity index is 1010. The van der Waals surface area contributed by atoms with Gasteiger partial charge in [-0.2, -0.15) is 0 Å². The molecule has 1 saturated heterocycles. The third-order valence-corrected chi connectivity index (χ3v) is 4.72. The molecule has 0 aliphatic carbocycles. The molecular weight excluding hydrogens is 376 g/mol. The number of hydrogen-bond donors (Lipinski definition) is 1. The van der Waals surface area contributed by atoms with Crippen molar-refractivity contribution in [3.63, 3.8) is 0 Å². The lowest BCUT2D eigenvalue weighted by Crippen LogP contribution is -2.54. The Hall–Kier alpha value is -3.19. The summed E-state index contributed by atoms with van der Waals surface area (Å²) in [5.41, 5.74) is 3.08. The lowest BCUT2D eigenvalue weighted by atomic mass is 10.0. The summed E-state index contributed by atoms with van der Waals surface area (Å²) in [6.45, 7) is 3.78. The first-order chi connectivity index (χ1) is 13.3. The van der Waals surface area contributed by atoms with Crippen LogP contribution in [0.25, 0.3) is 6.08 Å². The van der Waals surface area contributed by atoms with Gasteiger partial charge in [-0.05, 0) is 73.1 Å². The van der Waals surface area contributed by atoms with E-state index in [0.717, 1.165) is 11.1 Å². The number of thiocarbonyl (C=S) groups is 1. The number of carbonyl (C=O) groups excluding carboxylic acids is 2. The molecular formula is C21H20N2O4S. The number of aryl methyl sites for hydroxylation is 2. The summed E-state index contributed by atoms with van der Waals surface area (Å²) in [5, 5.41) is 2.65. The standard InChI is InChI=1S/C21H20N2O4S/c1-12-6-5-7-15(8-12)23-20(25)16(19(24)22-21(23)28)10-14-11-18(27-4)17(26-3)9-13(14)2/h5-11H,1-4H3,(H,22,24,28)/b16-10+. The molecule has 6 nitrogen and oxygen atoms in total. The van der Waals surface area contributed by atoms with E-state index in [9.17, 15) is 9.59 Å². The monoisotopic (exact) mass is 396 g/mol. The number of methoxy groups -OCH3 is 2. The molecule has 144 valence electrons. The van der Waals surface area contributed by atoms with Crippen molar-refractivity contribution in [2.75, 3.05) is 19.1 Å². The number of anilines is 1. The molecule has 1 N–H and O–H groups in total. The fourth-order valence-corrected chi connectivity index (χ4v) is 3.25. The Morgan fingerprint density at radius 2 is 1.71 bits per heavy atom. The van der Waals surface area contributed by atoms with Crippen LogP contribution in [0.2, 0.25) is 0 Å². The number of ether oxygens (including phenoxy) is 2. The first-order valence-corrected chi connectivity index (χ1v) is 8.97. The fourth-order valence-electron chi connectivity index (χ4n) is 2.97. The lowest BCUT2D eigenvalue weighted by Gasteiger charge is -2.29. The maximum absolute atomic E-state index is 13.1. The molecule has 0 spiro atoms. The van der Waals surface area contributed by atoms with Crippen LogP contribution in [-0.2, 0) is 9.59 Å². The van der Waals surface area contributed by atoms with Crippen molar-refractivity contribution in [1.82, 2.24) is 5.32 Å². The van der Waals surface area contributed by atoms with Crippen LogP contribution < -0.4 is 19.7 Å². The highest BCUT2D eigenvalue weighted by Gasteiger charge is 2.34. The van der Waals surface area contributed by atoms with E-state index in [1.54, 1.807) is 31.4 Å². The number of carbonyl (C=O) groups is 2. The Morgan fingerprint density at radius 3 is 2.36 bits per heavy atom. The second-order valence-electron chi connectivity index (χ2n) is 6.36. The van der Waals surface area contributed by atoms with Crippen molar-refractivity contribution in [2.24, 2.45) is 0 Å². The van der Waals surface area contributed by atoms with Crippen molar-refractivity contribution in [2.45, 2.75) is 13.8 Å². The number of amides is 2. The van der Waals surface area contributed by atoms with Gasteiger partial charge in [0.05, 0.1) is 19.9 Å². The Labute approximate surface area is 168 Å². The van der Waals surface area contributed by atoms with Crippen molar-refractivity contribution >= 4 is 40.9 Å². The van der Waals surface area contributed by atoms with E-state index in [2.05, 4.69) is 5.32 Å². The summed E-state index contributed by atoms with van der Waals surface area (Å²) in [6.07, 6.45) is 1.54. The minimum atomic E-state index is -0.534. The third kappa shape index (κ3) is 3.61. The summed E-state index contributed by atoms with van der Waals surface area (Å²) >= 11 is 5.23. The van der Waals surface area contributed by atoms with Gasteiger partial charge in [-0.3, -0.25) is 19.8 Å². The Kier molecular flexibility index (Phi) is 5.46. The van der Waals surface area contributed by atoms with Crippen LogP contribution in [0, 0.1) is 13.8 Å². The molecule has 2 amide bonds. The van der Waals surface area contributed by atoms with Crippen LogP contribution in [0.15, 0.2) is 42.0 Å². The average Bonchev–Trinajstić information content (AvgIpc) is 2.65. The summed E-state index contributed by atoms with van der Waals surface area (Å²) in [7, 11) is 3.08. The van der Waals surface area contributed by atoms with E-state index >= 15 is 0 Å². The lowest BCUT2D eigenvalue weighted by molar-refractivity contribution is -0.122. The molecule has 1 aliphatic rings. The predicted octanol–water partition coefficient (Wildman–Crippen LogP) is 3.15. The van der Waals surface area contributed by atoms with Crippen molar-refractivity contribution < 1.29 is 19.1 Å². The molecule has 1 heterocycles. The number of hydrogen-bond acceptors (Lipinski definition) is 5. The van der Waals surface area contributed by atoms with E-state index in [-0.39, 0.29) is 10.7 Å². The zero-order valence-corrected chi connectivity index (χ0v) is 16.8. The van der Waals surface area contributed by atoms with Gasteiger partial charge in [0, 0.05) is 0 Å². The molecule has 0 saturated carbocycles. The summed E-state index contributed by atoms with van der Waals surface area (Å²) < 4.78 is 10.6. The number of nitrogens with zero attached hydrogens (tertiary/aromatic N) is 1. The second-order valence-corrected chi connectivity index (χ2v) is 6.75. The maximum atomic E-state index is 13.1. The summed E-state index contributed by atoms with van der Waals surface area (Å²) in [6, 6.07) is 10.9. The second kappa shape index (κ2) is 7.82. The van der Waals surface area contributed by atoms with Gasteiger partial charge >= 0.3 is 0 Å². The van der Waals surface area contributed by atoms with E-state index < -0.39 is 11.8 Å². The SMILES string of the molecule is COc1cc(C)c(/C=C2\C(=O)NC(=S)N(c3cccc(C)c3)C2=O)cc1OC. The van der Waals surface area contributed by atoms with Crippen LogP contribution in [0.4, 0.5) is 5.69 Å². The smallest absolute Gasteiger partial charge is 0.270 e. The van der Waals surface area contributed by atoms with Gasteiger partial charge < -0.3 is 9.47 Å². The molecule has 2 aromatic carbocycles. The summed E-state index contributed by atoms with van der Waals surface area (Å²) in [4.78, 5) is 26.9. The van der Waals surface area contributed by atoms with Gasteiger partial charge in [0.1, 0.15) is 5.57 Å². The van der Waals surface area contributed by atoms with Gasteiger partial charge in [-0.25, -0.2) is 0 Å². The number of rotatable bonds is 4. The number of nitrogens with one attached hydrogen (secondary N) is 1. The molecule has 1 aliphatic heterocycles. The predicted molar refractivity (Wildman–Crippen MR) is 112 cm³/mol. The average molecular weight is 396 g/mol. The van der Waals surface area contributed by atoms with Crippen LogP contribution in [0.1, 0.15) is 16.7 Å². The van der Waals surface area contributed by atoms with Crippen LogP contribution in [0.3, 0.4) is 0 Å². The molecule has 0 aromatic heterocycles. The Balaban J connectivity index is 2.07. The molecule has 7 heteroatoms. The fraction of sp³-hybridized carbons (Fsp3) is 0.190. The van der Waals surface area contributed by atoms with Crippen molar-refractivity contribution in [3.05, 3.63) is 58.7 Å². The highest BCUT2D eigenvalue weighted by molar-refractivity contribution is 7.80. The van der Waals surface area contributed by atoms with Gasteiger partial charge in [0.15, 0.2) is 16.6 Å². The largest absolute Gasteiger partial charge is 0.493 e. The molecule has 1 fully saturated rings. The van der Waals surface area contributed by atoms with Crippen molar-refractivity contribution in [3.8, 4) is 11.5 Å². The van der Waals surface area contributed by atoms with E-state index in [1.807, 2.05) is 32.0 Å². The van der Waals surface area contributed by atoms with Crippen LogP contribution in [0.5, 0.6) is 11.5 Å². The quantitative estimate of drug-likeness (QED) is 0.489.